The number of nitrogens with one attached hydrogen (secondary N) is 1. The quantitative estimate of drug-likeness (QED) is 0.905. The average molecular weight is 256 g/mol. The van der Waals surface area contributed by atoms with Crippen LogP contribution in [0.1, 0.15) is 11.1 Å². The van der Waals surface area contributed by atoms with Crippen LogP contribution in [0.25, 0.3) is 0 Å². The summed E-state index contributed by atoms with van der Waals surface area (Å²) in [6.07, 6.45) is 1.11. The maximum Gasteiger partial charge on any atom is 0.125 e. The monoisotopic (exact) mass is 256 g/mol. The second-order valence-electron chi connectivity index (χ2n) is 5.00. The number of rotatable bonds is 3. The van der Waals surface area contributed by atoms with Crippen LogP contribution in [-0.4, -0.2) is 13.6 Å². The molecular formula is C16H17FN2. The molecule has 0 unspecified atom stereocenters. The van der Waals surface area contributed by atoms with Crippen molar-refractivity contribution in [1.82, 2.24) is 0 Å². The fourth-order valence-corrected chi connectivity index (χ4v) is 2.53. The molecular weight excluding hydrogens is 239 g/mol. The molecule has 2 aromatic rings. The summed E-state index contributed by atoms with van der Waals surface area (Å²) in [6.45, 7) is 1.82. The van der Waals surface area contributed by atoms with Gasteiger partial charge in [0.2, 0.25) is 0 Å². The highest BCUT2D eigenvalue weighted by molar-refractivity contribution is 5.58. The number of benzene rings is 2. The summed E-state index contributed by atoms with van der Waals surface area (Å²) in [7, 11) is 2.12. The van der Waals surface area contributed by atoms with E-state index in [0.29, 0.717) is 0 Å². The van der Waals surface area contributed by atoms with E-state index in [1.54, 1.807) is 6.07 Å². The van der Waals surface area contributed by atoms with Gasteiger partial charge in [0.1, 0.15) is 5.82 Å². The second-order valence-corrected chi connectivity index (χ2v) is 5.00. The molecule has 0 saturated heterocycles. The molecule has 3 heteroatoms. The van der Waals surface area contributed by atoms with Crippen molar-refractivity contribution in [2.45, 2.75) is 13.0 Å². The Bertz CT molecular complexity index is 595. The largest absolute Gasteiger partial charge is 0.381 e. The predicted molar refractivity (Wildman–Crippen MR) is 77.1 cm³/mol. The van der Waals surface area contributed by atoms with Crippen LogP contribution >= 0.6 is 0 Å². The summed E-state index contributed by atoms with van der Waals surface area (Å²) in [5.41, 5.74) is 4.78. The maximum absolute atomic E-state index is 13.1. The molecule has 0 bridgehead atoms. The van der Waals surface area contributed by atoms with E-state index in [-0.39, 0.29) is 5.82 Å². The molecule has 1 aliphatic heterocycles. The van der Waals surface area contributed by atoms with E-state index in [2.05, 4.69) is 35.5 Å². The summed E-state index contributed by atoms with van der Waals surface area (Å²) in [5.74, 6) is -0.208. The van der Waals surface area contributed by atoms with Gasteiger partial charge in [0.25, 0.3) is 0 Å². The van der Waals surface area contributed by atoms with Gasteiger partial charge in [0.15, 0.2) is 0 Å². The molecule has 0 saturated carbocycles. The van der Waals surface area contributed by atoms with E-state index in [1.165, 1.54) is 28.9 Å². The number of hydrogen-bond donors (Lipinski definition) is 1. The lowest BCUT2D eigenvalue weighted by molar-refractivity contribution is 0.628. The highest BCUT2D eigenvalue weighted by Gasteiger charge is 2.15. The van der Waals surface area contributed by atoms with Crippen LogP contribution in [0.4, 0.5) is 15.8 Å². The molecule has 2 aromatic carbocycles. The highest BCUT2D eigenvalue weighted by atomic mass is 19.1. The number of anilines is 2. The van der Waals surface area contributed by atoms with Gasteiger partial charge in [0.05, 0.1) is 0 Å². The van der Waals surface area contributed by atoms with Crippen molar-refractivity contribution in [3.63, 3.8) is 0 Å². The van der Waals surface area contributed by atoms with Gasteiger partial charge in [-0.3, -0.25) is 0 Å². The lowest BCUT2D eigenvalue weighted by Crippen LogP contribution is -2.12. The maximum atomic E-state index is 13.1. The van der Waals surface area contributed by atoms with Crippen molar-refractivity contribution in [1.29, 1.82) is 0 Å². The normalized spacial score (nSPS) is 13.5. The summed E-state index contributed by atoms with van der Waals surface area (Å²) >= 11 is 0. The van der Waals surface area contributed by atoms with Crippen LogP contribution in [0.15, 0.2) is 42.5 Å². The molecule has 1 N–H and O–H groups in total. The minimum absolute atomic E-state index is 0.208. The minimum atomic E-state index is -0.208. The first kappa shape index (κ1) is 12.0. The molecule has 0 spiro atoms. The van der Waals surface area contributed by atoms with Gasteiger partial charge in [-0.1, -0.05) is 18.2 Å². The van der Waals surface area contributed by atoms with E-state index in [1.807, 2.05) is 6.07 Å². The van der Waals surface area contributed by atoms with Crippen LogP contribution in [0.2, 0.25) is 0 Å². The van der Waals surface area contributed by atoms with Gasteiger partial charge in [0, 0.05) is 31.5 Å². The second kappa shape index (κ2) is 4.92. The predicted octanol–water partition coefficient (Wildman–Crippen LogP) is 3.43. The summed E-state index contributed by atoms with van der Waals surface area (Å²) < 4.78 is 13.1. The van der Waals surface area contributed by atoms with Gasteiger partial charge in [-0.15, -0.1) is 0 Å². The van der Waals surface area contributed by atoms with Crippen molar-refractivity contribution in [2.24, 2.45) is 0 Å². The molecule has 0 atom stereocenters. The third-order valence-electron chi connectivity index (χ3n) is 3.59. The molecule has 3 rings (SSSR count). The van der Waals surface area contributed by atoms with E-state index in [0.717, 1.165) is 25.2 Å². The first-order chi connectivity index (χ1) is 9.22. The van der Waals surface area contributed by atoms with Gasteiger partial charge in [-0.2, -0.15) is 0 Å². The highest BCUT2D eigenvalue weighted by Crippen LogP contribution is 2.27. The molecule has 0 radical (unpaired) electrons. The van der Waals surface area contributed by atoms with Crippen LogP contribution < -0.4 is 10.2 Å². The van der Waals surface area contributed by atoms with E-state index >= 15 is 0 Å². The third-order valence-corrected chi connectivity index (χ3v) is 3.59. The SMILES string of the molecule is CN1CCc2cc(CNc3cccc(F)c3)ccc21. The fraction of sp³-hybridized carbons (Fsp3) is 0.250. The van der Waals surface area contributed by atoms with Crippen molar-refractivity contribution in [3.05, 3.63) is 59.4 Å². The molecule has 19 heavy (non-hydrogen) atoms. The van der Waals surface area contributed by atoms with Gasteiger partial charge in [-0.05, 0) is 41.8 Å². The first-order valence-corrected chi connectivity index (χ1v) is 6.55. The zero-order chi connectivity index (χ0) is 13.2. The smallest absolute Gasteiger partial charge is 0.125 e. The Labute approximate surface area is 112 Å². The summed E-state index contributed by atoms with van der Waals surface area (Å²) in [4.78, 5) is 2.28. The Morgan fingerprint density at radius 3 is 2.95 bits per heavy atom. The van der Waals surface area contributed by atoms with Crippen molar-refractivity contribution >= 4 is 11.4 Å². The zero-order valence-electron chi connectivity index (χ0n) is 11.0. The molecule has 1 heterocycles. The number of fused-ring (bicyclic) bond motifs is 1. The van der Waals surface area contributed by atoms with Crippen LogP contribution in [-0.2, 0) is 13.0 Å². The standard InChI is InChI=1S/C16H17FN2/c1-19-8-7-13-9-12(5-6-16(13)19)11-18-15-4-2-3-14(17)10-15/h2-6,9-10,18H,7-8,11H2,1H3. The Morgan fingerprint density at radius 1 is 1.21 bits per heavy atom. The number of hydrogen-bond acceptors (Lipinski definition) is 2. The van der Waals surface area contributed by atoms with E-state index in [9.17, 15) is 4.39 Å². The van der Waals surface area contributed by atoms with Gasteiger partial charge < -0.3 is 10.2 Å². The molecule has 0 amide bonds. The molecule has 0 fully saturated rings. The Hall–Kier alpha value is -2.03. The third kappa shape index (κ3) is 2.55. The Kier molecular flexibility index (Phi) is 3.11. The van der Waals surface area contributed by atoms with E-state index < -0.39 is 0 Å². The fourth-order valence-electron chi connectivity index (χ4n) is 2.53. The van der Waals surface area contributed by atoms with Crippen LogP contribution in [0.3, 0.4) is 0 Å². The lowest BCUT2D eigenvalue weighted by Gasteiger charge is -2.12. The Balaban J connectivity index is 1.71. The summed E-state index contributed by atoms with van der Waals surface area (Å²) in [6, 6.07) is 13.1. The van der Waals surface area contributed by atoms with Crippen LogP contribution in [0.5, 0.6) is 0 Å². The average Bonchev–Trinajstić information content (AvgIpc) is 2.78. The minimum Gasteiger partial charge on any atom is -0.381 e. The molecule has 0 aromatic heterocycles. The zero-order valence-corrected chi connectivity index (χ0v) is 11.0. The summed E-state index contributed by atoms with van der Waals surface area (Å²) in [5, 5.41) is 3.25. The number of nitrogens with zero attached hydrogens (tertiary/aromatic N) is 1. The lowest BCUT2D eigenvalue weighted by atomic mass is 10.1. The molecule has 2 nitrogen and oxygen atoms in total. The van der Waals surface area contributed by atoms with Crippen molar-refractivity contribution in [3.8, 4) is 0 Å². The topological polar surface area (TPSA) is 15.3 Å². The van der Waals surface area contributed by atoms with Gasteiger partial charge >= 0.3 is 0 Å². The van der Waals surface area contributed by atoms with Gasteiger partial charge in [-0.25, -0.2) is 4.39 Å². The van der Waals surface area contributed by atoms with Crippen molar-refractivity contribution < 1.29 is 4.39 Å². The first-order valence-electron chi connectivity index (χ1n) is 6.55. The molecule has 0 aliphatic carbocycles. The molecule has 1 aliphatic rings. The van der Waals surface area contributed by atoms with E-state index in [4.69, 9.17) is 0 Å². The van der Waals surface area contributed by atoms with Crippen LogP contribution in [0, 0.1) is 5.82 Å². The molecule has 98 valence electrons. The number of likely N-dealkylation sites (N-methyl/N-ethyl adjacent to an activating group) is 1. The van der Waals surface area contributed by atoms with Crippen molar-refractivity contribution in [2.75, 3.05) is 23.8 Å². The Morgan fingerprint density at radius 2 is 2.11 bits per heavy atom. The number of halogens is 1.